The second-order valence-corrected chi connectivity index (χ2v) is 5.04. The van der Waals surface area contributed by atoms with Crippen molar-refractivity contribution in [2.45, 2.75) is 33.2 Å². The van der Waals surface area contributed by atoms with Crippen LogP contribution in [0.3, 0.4) is 0 Å². The molecule has 1 aromatic heterocycles. The van der Waals surface area contributed by atoms with E-state index in [9.17, 15) is 4.79 Å². The van der Waals surface area contributed by atoms with Crippen LogP contribution in [0.5, 0.6) is 5.75 Å². The molecular formula is C15H24N2O3. The van der Waals surface area contributed by atoms with Gasteiger partial charge in [-0.15, -0.1) is 0 Å². The molecule has 1 heterocycles. The summed E-state index contributed by atoms with van der Waals surface area (Å²) in [5.74, 6) is 1.15. The molecule has 0 atom stereocenters. The number of carbonyl (C=O) groups is 1. The second-order valence-electron chi connectivity index (χ2n) is 5.04. The van der Waals surface area contributed by atoms with Crippen molar-refractivity contribution in [2.75, 3.05) is 20.3 Å². The number of esters is 1. The fourth-order valence-electron chi connectivity index (χ4n) is 1.60. The van der Waals surface area contributed by atoms with Crippen LogP contribution in [0, 0.1) is 5.92 Å². The van der Waals surface area contributed by atoms with E-state index in [-0.39, 0.29) is 5.97 Å². The first-order chi connectivity index (χ1) is 9.61. The minimum atomic E-state index is -0.210. The van der Waals surface area contributed by atoms with E-state index in [1.54, 1.807) is 6.20 Å². The Balaban J connectivity index is 2.23. The van der Waals surface area contributed by atoms with Crippen molar-refractivity contribution in [3.8, 4) is 5.75 Å². The van der Waals surface area contributed by atoms with Crippen molar-refractivity contribution >= 4 is 5.97 Å². The van der Waals surface area contributed by atoms with E-state index in [0.29, 0.717) is 25.4 Å². The summed E-state index contributed by atoms with van der Waals surface area (Å²) < 4.78 is 10.1. The van der Waals surface area contributed by atoms with E-state index >= 15 is 0 Å². The molecule has 0 unspecified atom stereocenters. The van der Waals surface area contributed by atoms with Gasteiger partial charge < -0.3 is 14.8 Å². The minimum Gasteiger partial charge on any atom is -0.492 e. The number of carbonyl (C=O) groups excluding carboxylic acids is 1. The number of rotatable bonds is 9. The first-order valence-electron chi connectivity index (χ1n) is 6.97. The van der Waals surface area contributed by atoms with Crippen LogP contribution in [-0.4, -0.2) is 31.2 Å². The van der Waals surface area contributed by atoms with E-state index in [4.69, 9.17) is 4.74 Å². The summed E-state index contributed by atoms with van der Waals surface area (Å²) in [6.45, 7) is 6.58. The molecule has 0 saturated carbocycles. The highest BCUT2D eigenvalue weighted by atomic mass is 16.5. The topological polar surface area (TPSA) is 60.5 Å². The Morgan fingerprint density at radius 1 is 1.40 bits per heavy atom. The van der Waals surface area contributed by atoms with Gasteiger partial charge in [0.15, 0.2) is 0 Å². The average Bonchev–Trinajstić information content (AvgIpc) is 2.44. The lowest BCUT2D eigenvalue weighted by molar-refractivity contribution is -0.140. The Hall–Kier alpha value is -1.62. The molecule has 0 aliphatic rings. The van der Waals surface area contributed by atoms with Gasteiger partial charge in [-0.1, -0.05) is 13.8 Å². The fourth-order valence-corrected chi connectivity index (χ4v) is 1.60. The van der Waals surface area contributed by atoms with Crippen LogP contribution in [-0.2, 0) is 16.1 Å². The highest BCUT2D eigenvalue weighted by Gasteiger charge is 2.01. The summed E-state index contributed by atoms with van der Waals surface area (Å²) in [5, 5.41) is 3.34. The maximum atomic E-state index is 10.9. The van der Waals surface area contributed by atoms with Gasteiger partial charge in [0.2, 0.25) is 0 Å². The normalized spacial score (nSPS) is 10.6. The van der Waals surface area contributed by atoms with E-state index in [1.165, 1.54) is 7.11 Å². The molecule has 112 valence electrons. The van der Waals surface area contributed by atoms with Gasteiger partial charge >= 0.3 is 5.97 Å². The molecule has 0 amide bonds. The summed E-state index contributed by atoms with van der Waals surface area (Å²) in [6, 6.07) is 3.85. The van der Waals surface area contributed by atoms with Gasteiger partial charge in [0, 0.05) is 13.0 Å². The van der Waals surface area contributed by atoms with Crippen LogP contribution in [0.1, 0.15) is 32.4 Å². The molecule has 0 radical (unpaired) electrons. The van der Waals surface area contributed by atoms with Crippen molar-refractivity contribution < 1.29 is 14.3 Å². The molecule has 1 N–H and O–H groups in total. The number of aromatic nitrogens is 1. The van der Waals surface area contributed by atoms with Gasteiger partial charge in [-0.2, -0.15) is 0 Å². The van der Waals surface area contributed by atoms with E-state index in [2.05, 4.69) is 28.9 Å². The Morgan fingerprint density at radius 2 is 2.20 bits per heavy atom. The lowest BCUT2D eigenvalue weighted by Crippen LogP contribution is -2.19. The van der Waals surface area contributed by atoms with Gasteiger partial charge in [-0.05, 0) is 31.0 Å². The van der Waals surface area contributed by atoms with Gasteiger partial charge in [0.1, 0.15) is 5.75 Å². The van der Waals surface area contributed by atoms with Crippen molar-refractivity contribution in [1.82, 2.24) is 10.3 Å². The van der Waals surface area contributed by atoms with Crippen molar-refractivity contribution in [2.24, 2.45) is 5.92 Å². The number of ether oxygens (including phenoxy) is 2. The smallest absolute Gasteiger partial charge is 0.305 e. The molecule has 0 saturated heterocycles. The number of hydrogen-bond acceptors (Lipinski definition) is 5. The molecule has 0 bridgehead atoms. The number of methoxy groups -OCH3 is 1. The second kappa shape index (κ2) is 9.31. The zero-order chi connectivity index (χ0) is 14.8. The van der Waals surface area contributed by atoms with Gasteiger partial charge in [0.05, 0.1) is 25.6 Å². The quantitative estimate of drug-likeness (QED) is 0.555. The molecule has 0 fully saturated rings. The first kappa shape index (κ1) is 16.4. The van der Waals surface area contributed by atoms with Gasteiger partial charge in [-0.3, -0.25) is 9.78 Å². The third-order valence-electron chi connectivity index (χ3n) is 2.68. The monoisotopic (exact) mass is 280 g/mol. The Kier molecular flexibility index (Phi) is 7.65. The van der Waals surface area contributed by atoms with Crippen LogP contribution in [0.25, 0.3) is 0 Å². The lowest BCUT2D eigenvalue weighted by Gasteiger charge is -2.08. The molecule has 0 aromatic carbocycles. The predicted octanol–water partition coefficient (Wildman–Crippen LogP) is 2.16. The van der Waals surface area contributed by atoms with Crippen LogP contribution in [0.15, 0.2) is 18.3 Å². The average molecular weight is 280 g/mol. The molecule has 20 heavy (non-hydrogen) atoms. The van der Waals surface area contributed by atoms with Crippen LogP contribution in [0.4, 0.5) is 0 Å². The molecule has 1 rings (SSSR count). The maximum Gasteiger partial charge on any atom is 0.305 e. The summed E-state index contributed by atoms with van der Waals surface area (Å²) in [5.41, 5.74) is 0.993. The third kappa shape index (κ3) is 7.09. The Bertz CT molecular complexity index is 391. The molecule has 0 aliphatic heterocycles. The van der Waals surface area contributed by atoms with E-state index in [1.807, 2.05) is 12.1 Å². The molecule has 1 aromatic rings. The first-order valence-corrected chi connectivity index (χ1v) is 6.97. The number of hydrogen-bond donors (Lipinski definition) is 1. The summed E-state index contributed by atoms with van der Waals surface area (Å²) >= 11 is 0. The minimum absolute atomic E-state index is 0.210. The van der Waals surface area contributed by atoms with Crippen molar-refractivity contribution in [1.29, 1.82) is 0 Å². The largest absolute Gasteiger partial charge is 0.492 e. The molecular weight excluding hydrogens is 256 g/mol. The van der Waals surface area contributed by atoms with Crippen molar-refractivity contribution in [3.63, 3.8) is 0 Å². The summed E-state index contributed by atoms with van der Waals surface area (Å²) in [6.07, 6.45) is 2.73. The van der Waals surface area contributed by atoms with Gasteiger partial charge in [-0.25, -0.2) is 0 Å². The predicted molar refractivity (Wildman–Crippen MR) is 77.5 cm³/mol. The van der Waals surface area contributed by atoms with Gasteiger partial charge in [0.25, 0.3) is 0 Å². The fraction of sp³-hybridized carbons (Fsp3) is 0.600. The Labute approximate surface area is 120 Å². The highest BCUT2D eigenvalue weighted by molar-refractivity contribution is 5.68. The van der Waals surface area contributed by atoms with Crippen LogP contribution in [0.2, 0.25) is 0 Å². The van der Waals surface area contributed by atoms with Crippen molar-refractivity contribution in [3.05, 3.63) is 24.0 Å². The highest BCUT2D eigenvalue weighted by Crippen LogP contribution is 2.10. The zero-order valence-electron chi connectivity index (χ0n) is 12.5. The summed E-state index contributed by atoms with van der Waals surface area (Å²) in [4.78, 5) is 15.2. The number of pyridine rings is 1. The zero-order valence-corrected chi connectivity index (χ0v) is 12.5. The van der Waals surface area contributed by atoms with E-state index in [0.717, 1.165) is 24.5 Å². The Morgan fingerprint density at radius 3 is 2.80 bits per heavy atom. The number of nitrogens with one attached hydrogen (secondary N) is 1. The van der Waals surface area contributed by atoms with Crippen LogP contribution < -0.4 is 10.1 Å². The summed E-state index contributed by atoms with van der Waals surface area (Å²) in [7, 11) is 1.39. The third-order valence-corrected chi connectivity index (χ3v) is 2.68. The van der Waals surface area contributed by atoms with Crippen LogP contribution >= 0.6 is 0 Å². The SMILES string of the molecule is COC(=O)CCCOc1ccc(CNCC(C)C)nc1. The maximum absolute atomic E-state index is 10.9. The standard InChI is InChI=1S/C15H24N2O3/c1-12(2)9-16-10-13-6-7-14(11-17-13)20-8-4-5-15(18)19-3/h6-7,11-12,16H,4-5,8-10H2,1-3H3. The molecule has 0 aliphatic carbocycles. The van der Waals surface area contributed by atoms with E-state index < -0.39 is 0 Å². The number of nitrogens with zero attached hydrogens (tertiary/aromatic N) is 1. The lowest BCUT2D eigenvalue weighted by atomic mass is 10.2. The molecule has 0 spiro atoms. The molecule has 5 heteroatoms. The molecule has 5 nitrogen and oxygen atoms in total.